The average Bonchev–Trinajstić information content (AvgIpc) is 3.33. The Morgan fingerprint density at radius 1 is 0.875 bits per heavy atom. The zero-order valence-corrected chi connectivity index (χ0v) is 17.0. The van der Waals surface area contributed by atoms with Gasteiger partial charge in [-0.15, -0.1) is 0 Å². The van der Waals surface area contributed by atoms with Crippen LogP contribution < -0.4 is 4.90 Å². The van der Waals surface area contributed by atoms with Gasteiger partial charge in [0, 0.05) is 17.7 Å². The first-order chi connectivity index (χ1) is 15.6. The van der Waals surface area contributed by atoms with E-state index < -0.39 is 4.92 Å². The molecule has 4 aromatic rings. The second kappa shape index (κ2) is 8.07. The minimum absolute atomic E-state index is 0.0629. The van der Waals surface area contributed by atoms with Crippen LogP contribution in [0.5, 0.6) is 0 Å². The Kier molecular flexibility index (Phi) is 4.95. The van der Waals surface area contributed by atoms with Crippen molar-refractivity contribution in [2.75, 3.05) is 4.90 Å². The number of amides is 1. The number of benzene rings is 3. The fraction of sp³-hybridized carbons (Fsp3) is 0.125. The maximum atomic E-state index is 13.6. The molecule has 0 radical (unpaired) electrons. The summed E-state index contributed by atoms with van der Waals surface area (Å²) in [7, 11) is 0. The van der Waals surface area contributed by atoms with Crippen molar-refractivity contribution in [2.45, 2.75) is 18.5 Å². The van der Waals surface area contributed by atoms with Gasteiger partial charge in [-0.05, 0) is 29.7 Å². The van der Waals surface area contributed by atoms with Gasteiger partial charge in [-0.25, -0.2) is 4.68 Å². The Morgan fingerprint density at radius 3 is 2.06 bits per heavy atom. The Labute approximate surface area is 183 Å². The minimum Gasteiger partial charge on any atom is -0.269 e. The summed E-state index contributed by atoms with van der Waals surface area (Å²) in [4.78, 5) is 30.2. The maximum absolute atomic E-state index is 13.6. The lowest BCUT2D eigenvalue weighted by Gasteiger charge is -2.39. The number of nitro benzene ring substituents is 1. The SMILES string of the molecule is O=C(c1ccc([N+](=O)[O-])cc1)N1c2ncnn2[C@@H](c2ccccc2)C[C@@H]1c1ccccc1. The van der Waals surface area contributed by atoms with Crippen molar-refractivity contribution < 1.29 is 9.72 Å². The van der Waals surface area contributed by atoms with Gasteiger partial charge in [0.05, 0.1) is 17.0 Å². The van der Waals surface area contributed by atoms with Gasteiger partial charge >= 0.3 is 0 Å². The van der Waals surface area contributed by atoms with Crippen LogP contribution in [-0.2, 0) is 0 Å². The number of hydrogen-bond acceptors (Lipinski definition) is 5. The number of carbonyl (C=O) groups excluding carboxylic acids is 1. The molecule has 1 aliphatic heterocycles. The van der Waals surface area contributed by atoms with Crippen LogP contribution in [0.3, 0.4) is 0 Å². The first-order valence-electron chi connectivity index (χ1n) is 10.2. The first-order valence-corrected chi connectivity index (χ1v) is 10.2. The van der Waals surface area contributed by atoms with Crippen LogP contribution in [0, 0.1) is 10.1 Å². The number of carbonyl (C=O) groups is 1. The van der Waals surface area contributed by atoms with Crippen LogP contribution in [0.2, 0.25) is 0 Å². The lowest BCUT2D eigenvalue weighted by molar-refractivity contribution is -0.384. The summed E-state index contributed by atoms with van der Waals surface area (Å²) in [6, 6.07) is 25.1. The molecule has 3 aromatic carbocycles. The highest BCUT2D eigenvalue weighted by Crippen LogP contribution is 2.42. The molecule has 0 fully saturated rings. The molecule has 0 unspecified atom stereocenters. The summed E-state index contributed by atoms with van der Waals surface area (Å²) in [6.07, 6.45) is 2.07. The summed E-state index contributed by atoms with van der Waals surface area (Å²) in [5.41, 5.74) is 2.36. The van der Waals surface area contributed by atoms with Crippen LogP contribution in [0.1, 0.15) is 40.0 Å². The monoisotopic (exact) mass is 425 g/mol. The molecule has 32 heavy (non-hydrogen) atoms. The van der Waals surface area contributed by atoms with Crippen molar-refractivity contribution >= 4 is 17.5 Å². The number of non-ortho nitro benzene ring substituents is 1. The summed E-state index contributed by atoms with van der Waals surface area (Å²) < 4.78 is 1.78. The van der Waals surface area contributed by atoms with Crippen LogP contribution in [0.4, 0.5) is 11.6 Å². The van der Waals surface area contributed by atoms with Crippen LogP contribution in [0.15, 0.2) is 91.3 Å². The number of nitro groups is 1. The van der Waals surface area contributed by atoms with Crippen molar-refractivity contribution in [3.8, 4) is 0 Å². The van der Waals surface area contributed by atoms with E-state index in [4.69, 9.17) is 0 Å². The van der Waals surface area contributed by atoms with Gasteiger partial charge in [0.15, 0.2) is 0 Å². The second-order valence-electron chi connectivity index (χ2n) is 7.57. The van der Waals surface area contributed by atoms with Gasteiger partial charge in [0.25, 0.3) is 11.6 Å². The van der Waals surface area contributed by atoms with Crippen molar-refractivity contribution in [1.29, 1.82) is 0 Å². The van der Waals surface area contributed by atoms with Crippen molar-refractivity contribution in [1.82, 2.24) is 14.8 Å². The quantitative estimate of drug-likeness (QED) is 0.353. The molecule has 0 N–H and O–H groups in total. The molecular weight excluding hydrogens is 406 g/mol. The van der Waals surface area contributed by atoms with E-state index in [2.05, 4.69) is 10.1 Å². The first kappa shape index (κ1) is 19.6. The molecule has 0 spiro atoms. The van der Waals surface area contributed by atoms with Gasteiger partial charge in [-0.2, -0.15) is 10.1 Å². The second-order valence-corrected chi connectivity index (χ2v) is 7.57. The zero-order valence-electron chi connectivity index (χ0n) is 17.0. The van der Waals surface area contributed by atoms with E-state index in [1.807, 2.05) is 60.7 Å². The van der Waals surface area contributed by atoms with Crippen molar-refractivity contribution in [2.24, 2.45) is 0 Å². The van der Waals surface area contributed by atoms with Gasteiger partial charge in [-0.3, -0.25) is 19.8 Å². The van der Waals surface area contributed by atoms with E-state index in [0.717, 1.165) is 11.1 Å². The highest BCUT2D eigenvalue weighted by Gasteiger charge is 2.39. The van der Waals surface area contributed by atoms with E-state index in [1.54, 1.807) is 9.58 Å². The number of aromatic nitrogens is 3. The normalized spacial score (nSPS) is 17.6. The van der Waals surface area contributed by atoms with E-state index in [1.165, 1.54) is 30.6 Å². The molecule has 0 aliphatic carbocycles. The Bertz CT molecular complexity index is 1260. The molecule has 1 aromatic heterocycles. The number of hydrogen-bond donors (Lipinski definition) is 0. The number of nitrogens with zero attached hydrogens (tertiary/aromatic N) is 5. The topological polar surface area (TPSA) is 94.2 Å². The molecule has 0 saturated carbocycles. The molecule has 2 heterocycles. The summed E-state index contributed by atoms with van der Waals surface area (Å²) in [5, 5.41) is 15.4. The highest BCUT2D eigenvalue weighted by atomic mass is 16.6. The van der Waals surface area contributed by atoms with E-state index in [0.29, 0.717) is 17.9 Å². The van der Waals surface area contributed by atoms with Crippen molar-refractivity contribution in [3.63, 3.8) is 0 Å². The number of fused-ring (bicyclic) bond motifs is 1. The molecule has 5 rings (SSSR count). The lowest BCUT2D eigenvalue weighted by Crippen LogP contribution is -2.42. The van der Waals surface area contributed by atoms with Crippen LogP contribution in [0.25, 0.3) is 0 Å². The van der Waals surface area contributed by atoms with Gasteiger partial charge in [0.2, 0.25) is 5.95 Å². The van der Waals surface area contributed by atoms with E-state index in [9.17, 15) is 14.9 Å². The molecule has 2 atom stereocenters. The standard InChI is InChI=1S/C24H19N5O3/c30-23(19-11-13-20(14-12-19)29(31)32)27-21(17-7-3-1-4-8-17)15-22(18-9-5-2-6-10-18)28-24(27)25-16-26-28/h1-14,16,21-22H,15H2/t21-,22-/m1/s1. The molecule has 0 bridgehead atoms. The fourth-order valence-electron chi connectivity index (χ4n) is 4.20. The summed E-state index contributed by atoms with van der Waals surface area (Å²) >= 11 is 0. The molecule has 0 saturated heterocycles. The molecule has 1 amide bonds. The number of rotatable bonds is 4. The van der Waals surface area contributed by atoms with Crippen molar-refractivity contribution in [3.05, 3.63) is 118 Å². The largest absolute Gasteiger partial charge is 0.269 e. The third kappa shape index (κ3) is 3.41. The van der Waals surface area contributed by atoms with Crippen LogP contribution >= 0.6 is 0 Å². The third-order valence-electron chi connectivity index (χ3n) is 5.74. The fourth-order valence-corrected chi connectivity index (χ4v) is 4.20. The smallest absolute Gasteiger partial charge is 0.269 e. The predicted molar refractivity (Wildman–Crippen MR) is 118 cm³/mol. The molecule has 158 valence electrons. The Balaban J connectivity index is 1.61. The lowest BCUT2D eigenvalue weighted by atomic mass is 9.91. The summed E-state index contributed by atoms with van der Waals surface area (Å²) in [6.45, 7) is 0. The average molecular weight is 425 g/mol. The highest BCUT2D eigenvalue weighted by molar-refractivity contribution is 6.06. The van der Waals surface area contributed by atoms with E-state index in [-0.39, 0.29) is 23.7 Å². The van der Waals surface area contributed by atoms with Crippen LogP contribution in [-0.4, -0.2) is 25.6 Å². The molecule has 1 aliphatic rings. The Hall–Kier alpha value is -4.33. The predicted octanol–water partition coefficient (Wildman–Crippen LogP) is 4.57. The molecular formula is C24H19N5O3. The number of anilines is 1. The van der Waals surface area contributed by atoms with Gasteiger partial charge in [-0.1, -0.05) is 60.7 Å². The maximum Gasteiger partial charge on any atom is 0.269 e. The summed E-state index contributed by atoms with van der Waals surface area (Å²) in [5.74, 6) is 0.164. The molecule has 8 nitrogen and oxygen atoms in total. The van der Waals surface area contributed by atoms with Gasteiger partial charge < -0.3 is 0 Å². The van der Waals surface area contributed by atoms with Gasteiger partial charge in [0.1, 0.15) is 6.33 Å². The Morgan fingerprint density at radius 2 is 1.47 bits per heavy atom. The zero-order chi connectivity index (χ0) is 22.1. The third-order valence-corrected chi connectivity index (χ3v) is 5.74. The van der Waals surface area contributed by atoms with E-state index >= 15 is 0 Å². The minimum atomic E-state index is -0.483. The molecule has 8 heteroatoms.